The number of carbonyl (C=O) groups is 1. The predicted molar refractivity (Wildman–Crippen MR) is 75.3 cm³/mol. The number of nitrogens with two attached hydrogens (primary N) is 1. The van der Waals surface area contributed by atoms with Gasteiger partial charge in [-0.05, 0) is 18.6 Å². The summed E-state index contributed by atoms with van der Waals surface area (Å²) in [5.41, 5.74) is 6.39. The van der Waals surface area contributed by atoms with E-state index in [4.69, 9.17) is 5.73 Å². The van der Waals surface area contributed by atoms with Crippen molar-refractivity contribution in [2.45, 2.75) is 32.1 Å². The summed E-state index contributed by atoms with van der Waals surface area (Å²) in [7, 11) is 0. The quantitative estimate of drug-likeness (QED) is 0.693. The molecule has 0 saturated heterocycles. The molecule has 2 rings (SSSR count). The summed E-state index contributed by atoms with van der Waals surface area (Å²) in [6.45, 7) is 1.95. The SMILES string of the molecule is CCC[C@H](C(=O)O)[C@H](Cc1cccc(N)n1)c1nn[nH]n1. The first-order valence-corrected chi connectivity index (χ1v) is 6.79. The molecule has 0 aromatic carbocycles. The number of H-pyrrole nitrogens is 1. The van der Waals surface area contributed by atoms with E-state index >= 15 is 0 Å². The number of carboxylic acid groups (broad SMARTS) is 1. The maximum Gasteiger partial charge on any atom is 0.307 e. The Balaban J connectivity index is 2.30. The molecule has 21 heavy (non-hydrogen) atoms. The van der Waals surface area contributed by atoms with Crippen LogP contribution in [0.15, 0.2) is 18.2 Å². The minimum Gasteiger partial charge on any atom is -0.481 e. The first-order valence-electron chi connectivity index (χ1n) is 6.79. The smallest absolute Gasteiger partial charge is 0.307 e. The molecule has 2 heterocycles. The summed E-state index contributed by atoms with van der Waals surface area (Å²) in [6.07, 6.45) is 1.70. The van der Waals surface area contributed by atoms with Gasteiger partial charge in [-0.2, -0.15) is 5.21 Å². The molecule has 0 aliphatic rings. The fourth-order valence-electron chi connectivity index (χ4n) is 2.39. The van der Waals surface area contributed by atoms with Gasteiger partial charge >= 0.3 is 5.97 Å². The van der Waals surface area contributed by atoms with Crippen molar-refractivity contribution in [2.75, 3.05) is 5.73 Å². The van der Waals surface area contributed by atoms with E-state index in [2.05, 4.69) is 25.6 Å². The normalized spacial score (nSPS) is 13.8. The van der Waals surface area contributed by atoms with Crippen LogP contribution in [0.4, 0.5) is 5.82 Å². The average Bonchev–Trinajstić information content (AvgIpc) is 2.96. The molecule has 0 fully saturated rings. The number of nitrogen functional groups attached to an aromatic ring is 1. The van der Waals surface area contributed by atoms with Crippen molar-refractivity contribution in [3.8, 4) is 0 Å². The fourth-order valence-corrected chi connectivity index (χ4v) is 2.39. The fraction of sp³-hybridized carbons (Fsp3) is 0.462. The summed E-state index contributed by atoms with van der Waals surface area (Å²) in [5, 5.41) is 23.3. The van der Waals surface area contributed by atoms with Gasteiger partial charge in [-0.25, -0.2) is 4.98 Å². The summed E-state index contributed by atoms with van der Waals surface area (Å²) in [5.74, 6) is -1.05. The van der Waals surface area contributed by atoms with Crippen LogP contribution in [-0.4, -0.2) is 36.7 Å². The van der Waals surface area contributed by atoms with Crippen molar-refractivity contribution >= 4 is 11.8 Å². The van der Waals surface area contributed by atoms with E-state index in [1.807, 2.05) is 13.0 Å². The molecular weight excluding hydrogens is 272 g/mol. The van der Waals surface area contributed by atoms with Crippen LogP contribution in [0.25, 0.3) is 0 Å². The van der Waals surface area contributed by atoms with Gasteiger partial charge in [-0.15, -0.1) is 10.2 Å². The molecule has 8 nitrogen and oxygen atoms in total. The number of nitrogens with zero attached hydrogens (tertiary/aromatic N) is 4. The Morgan fingerprint density at radius 2 is 2.29 bits per heavy atom. The number of hydrogen-bond donors (Lipinski definition) is 3. The van der Waals surface area contributed by atoms with Crippen LogP contribution in [-0.2, 0) is 11.2 Å². The van der Waals surface area contributed by atoms with Crippen molar-refractivity contribution in [3.63, 3.8) is 0 Å². The Morgan fingerprint density at radius 1 is 1.48 bits per heavy atom. The number of nitrogens with one attached hydrogen (secondary N) is 1. The van der Waals surface area contributed by atoms with E-state index in [0.29, 0.717) is 30.2 Å². The van der Waals surface area contributed by atoms with Crippen molar-refractivity contribution in [1.29, 1.82) is 0 Å². The van der Waals surface area contributed by atoms with Crippen LogP contribution >= 0.6 is 0 Å². The molecule has 2 aromatic rings. The Bertz CT molecular complexity index is 586. The molecule has 0 spiro atoms. The largest absolute Gasteiger partial charge is 0.481 e. The molecule has 0 unspecified atom stereocenters. The van der Waals surface area contributed by atoms with E-state index in [0.717, 1.165) is 6.42 Å². The van der Waals surface area contributed by atoms with Gasteiger partial charge in [0.25, 0.3) is 0 Å². The summed E-state index contributed by atoms with van der Waals surface area (Å²) < 4.78 is 0. The molecule has 0 aliphatic heterocycles. The van der Waals surface area contributed by atoms with Crippen LogP contribution < -0.4 is 5.73 Å². The number of aliphatic carboxylic acids is 1. The zero-order valence-corrected chi connectivity index (χ0v) is 11.7. The van der Waals surface area contributed by atoms with Crippen LogP contribution in [0.1, 0.15) is 37.2 Å². The first-order chi connectivity index (χ1) is 10.1. The molecule has 4 N–H and O–H groups in total. The lowest BCUT2D eigenvalue weighted by Gasteiger charge is -2.20. The highest BCUT2D eigenvalue weighted by atomic mass is 16.4. The number of aromatic nitrogens is 5. The van der Waals surface area contributed by atoms with Crippen molar-refractivity contribution in [2.24, 2.45) is 5.92 Å². The molecule has 112 valence electrons. The number of pyridine rings is 1. The predicted octanol–water partition coefficient (Wildman–Crippen LogP) is 1.00. The summed E-state index contributed by atoms with van der Waals surface area (Å²) in [6, 6.07) is 5.29. The van der Waals surface area contributed by atoms with Gasteiger partial charge in [0.05, 0.1) is 5.92 Å². The van der Waals surface area contributed by atoms with Gasteiger partial charge < -0.3 is 10.8 Å². The first kappa shape index (κ1) is 14.9. The van der Waals surface area contributed by atoms with Crippen LogP contribution in [0.2, 0.25) is 0 Å². The third kappa shape index (κ3) is 3.74. The summed E-state index contributed by atoms with van der Waals surface area (Å²) in [4.78, 5) is 15.8. The van der Waals surface area contributed by atoms with Crippen LogP contribution in [0.3, 0.4) is 0 Å². The van der Waals surface area contributed by atoms with E-state index in [1.54, 1.807) is 12.1 Å². The molecule has 0 bridgehead atoms. The highest BCUT2D eigenvalue weighted by molar-refractivity contribution is 5.71. The van der Waals surface area contributed by atoms with Crippen molar-refractivity contribution < 1.29 is 9.90 Å². The number of rotatable bonds is 7. The van der Waals surface area contributed by atoms with Gasteiger partial charge in [-0.3, -0.25) is 4.79 Å². The molecule has 2 atom stereocenters. The second kappa shape index (κ2) is 6.78. The van der Waals surface area contributed by atoms with Crippen LogP contribution in [0, 0.1) is 5.92 Å². The van der Waals surface area contributed by atoms with Crippen molar-refractivity contribution in [1.82, 2.24) is 25.6 Å². The van der Waals surface area contributed by atoms with Gasteiger partial charge in [0, 0.05) is 18.0 Å². The highest BCUT2D eigenvalue weighted by Gasteiger charge is 2.32. The van der Waals surface area contributed by atoms with Gasteiger partial charge in [-0.1, -0.05) is 24.6 Å². The molecule has 0 amide bonds. The molecular formula is C13H18N6O2. The Labute approximate surface area is 121 Å². The Hall–Kier alpha value is -2.51. The number of aromatic amines is 1. The lowest BCUT2D eigenvalue weighted by Crippen LogP contribution is -2.25. The maximum absolute atomic E-state index is 11.6. The van der Waals surface area contributed by atoms with E-state index in [1.165, 1.54) is 0 Å². The standard InChI is InChI=1S/C13H18N6O2/c1-2-4-9(13(20)21)10(12-16-18-19-17-12)7-8-5-3-6-11(14)15-8/h3,5-6,9-10H,2,4,7H2,1H3,(H2,14,15)(H,20,21)(H,16,17,18,19)/t9-,10-/m0/s1. The Morgan fingerprint density at radius 3 is 2.86 bits per heavy atom. The molecule has 8 heteroatoms. The molecule has 2 aromatic heterocycles. The number of hydrogen-bond acceptors (Lipinski definition) is 6. The topological polar surface area (TPSA) is 131 Å². The maximum atomic E-state index is 11.6. The highest BCUT2D eigenvalue weighted by Crippen LogP contribution is 2.29. The number of carboxylic acids is 1. The third-order valence-corrected chi connectivity index (χ3v) is 3.35. The van der Waals surface area contributed by atoms with E-state index in [9.17, 15) is 9.90 Å². The van der Waals surface area contributed by atoms with Crippen LogP contribution in [0.5, 0.6) is 0 Å². The van der Waals surface area contributed by atoms with E-state index < -0.39 is 17.8 Å². The second-order valence-corrected chi connectivity index (χ2v) is 4.87. The van der Waals surface area contributed by atoms with Gasteiger partial charge in [0.15, 0.2) is 5.82 Å². The second-order valence-electron chi connectivity index (χ2n) is 4.87. The molecule has 0 aliphatic carbocycles. The zero-order valence-electron chi connectivity index (χ0n) is 11.7. The molecule has 0 saturated carbocycles. The summed E-state index contributed by atoms with van der Waals surface area (Å²) >= 11 is 0. The van der Waals surface area contributed by atoms with Gasteiger partial charge in [0.2, 0.25) is 0 Å². The third-order valence-electron chi connectivity index (χ3n) is 3.35. The monoisotopic (exact) mass is 290 g/mol. The molecule has 0 radical (unpaired) electrons. The minimum atomic E-state index is -0.865. The lowest BCUT2D eigenvalue weighted by atomic mass is 9.84. The zero-order chi connectivity index (χ0) is 15.2. The lowest BCUT2D eigenvalue weighted by molar-refractivity contribution is -0.143. The number of anilines is 1. The van der Waals surface area contributed by atoms with E-state index in [-0.39, 0.29) is 0 Å². The minimum absolute atomic E-state index is 0.389. The van der Waals surface area contributed by atoms with Crippen molar-refractivity contribution in [3.05, 3.63) is 29.7 Å². The number of tetrazole rings is 1. The Kier molecular flexibility index (Phi) is 4.81. The average molecular weight is 290 g/mol. The van der Waals surface area contributed by atoms with Gasteiger partial charge in [0.1, 0.15) is 5.82 Å².